The Morgan fingerprint density at radius 2 is 2.11 bits per heavy atom. The van der Waals surface area contributed by atoms with Crippen molar-refractivity contribution in [1.82, 2.24) is 4.31 Å². The van der Waals surface area contributed by atoms with Crippen molar-refractivity contribution < 1.29 is 8.42 Å². The van der Waals surface area contributed by atoms with Crippen LogP contribution in [-0.2, 0) is 10.0 Å². The quantitative estimate of drug-likeness (QED) is 0.708. The Morgan fingerprint density at radius 3 is 2.79 bits per heavy atom. The number of rotatable bonds is 4. The maximum absolute atomic E-state index is 12.7. The van der Waals surface area contributed by atoms with E-state index in [2.05, 4.69) is 31.9 Å². The lowest BCUT2D eigenvalue weighted by Gasteiger charge is -2.34. The molecule has 1 heterocycles. The highest BCUT2D eigenvalue weighted by Gasteiger charge is 2.32. The maximum Gasteiger partial charge on any atom is 0.243 e. The van der Waals surface area contributed by atoms with E-state index in [-0.39, 0.29) is 6.04 Å². The highest BCUT2D eigenvalue weighted by atomic mass is 79.9. The average molecular weight is 411 g/mol. The molecule has 0 bridgehead atoms. The fraction of sp³-hybridized carbons (Fsp3) is 0.538. The van der Waals surface area contributed by atoms with E-state index in [1.54, 1.807) is 22.5 Å². The Morgan fingerprint density at radius 1 is 1.32 bits per heavy atom. The highest BCUT2D eigenvalue weighted by molar-refractivity contribution is 9.10. The zero-order chi connectivity index (χ0) is 13.9. The van der Waals surface area contributed by atoms with Crippen LogP contribution < -0.4 is 0 Å². The van der Waals surface area contributed by atoms with Crippen LogP contribution in [0.4, 0.5) is 0 Å². The van der Waals surface area contributed by atoms with Crippen molar-refractivity contribution in [2.75, 3.05) is 11.9 Å². The van der Waals surface area contributed by atoms with Gasteiger partial charge in [0.05, 0.1) is 4.90 Å². The van der Waals surface area contributed by atoms with Crippen LogP contribution in [0.1, 0.15) is 25.7 Å². The number of sulfonamides is 1. The second-order valence-corrected chi connectivity index (χ2v) is 8.30. The van der Waals surface area contributed by atoms with E-state index < -0.39 is 10.0 Å². The number of hydrogen-bond acceptors (Lipinski definition) is 2. The minimum atomic E-state index is -3.37. The first kappa shape index (κ1) is 15.5. The summed E-state index contributed by atoms with van der Waals surface area (Å²) >= 11 is 6.75. The van der Waals surface area contributed by atoms with Gasteiger partial charge in [0.1, 0.15) is 0 Å². The molecule has 1 aromatic rings. The topological polar surface area (TPSA) is 37.4 Å². The van der Waals surface area contributed by atoms with Gasteiger partial charge in [0.25, 0.3) is 0 Å². The molecule has 0 spiro atoms. The molecule has 0 N–H and O–H groups in total. The molecule has 6 heteroatoms. The van der Waals surface area contributed by atoms with Crippen LogP contribution in [0.3, 0.4) is 0 Å². The predicted octanol–water partition coefficient (Wildman–Crippen LogP) is 3.78. The Hall–Kier alpha value is 0.0900. The summed E-state index contributed by atoms with van der Waals surface area (Å²) in [7, 11) is -3.37. The molecular formula is C13H17Br2NO2S. The van der Waals surface area contributed by atoms with Crippen LogP contribution >= 0.6 is 31.9 Å². The third kappa shape index (κ3) is 3.60. The average Bonchev–Trinajstić information content (AvgIpc) is 2.39. The Kier molecular flexibility index (Phi) is 5.45. The van der Waals surface area contributed by atoms with Crippen LogP contribution in [0.25, 0.3) is 0 Å². The van der Waals surface area contributed by atoms with Gasteiger partial charge in [-0.25, -0.2) is 8.42 Å². The molecule has 1 fully saturated rings. The minimum absolute atomic E-state index is 0.122. The zero-order valence-electron chi connectivity index (χ0n) is 10.6. The van der Waals surface area contributed by atoms with E-state index in [9.17, 15) is 8.42 Å². The summed E-state index contributed by atoms with van der Waals surface area (Å²) in [6.45, 7) is 0.631. The molecule has 1 aliphatic rings. The van der Waals surface area contributed by atoms with Gasteiger partial charge in [0.2, 0.25) is 10.0 Å². The Labute approximate surface area is 131 Å². The molecule has 3 nitrogen and oxygen atoms in total. The minimum Gasteiger partial charge on any atom is -0.207 e. The first-order valence-electron chi connectivity index (χ1n) is 6.39. The summed E-state index contributed by atoms with van der Waals surface area (Å²) in [6.07, 6.45) is 3.89. The van der Waals surface area contributed by atoms with Crippen molar-refractivity contribution in [2.24, 2.45) is 0 Å². The molecule has 106 valence electrons. The summed E-state index contributed by atoms with van der Waals surface area (Å²) in [6, 6.07) is 7.07. The van der Waals surface area contributed by atoms with E-state index in [0.717, 1.165) is 35.5 Å². The monoisotopic (exact) mass is 409 g/mol. The molecule has 1 atom stereocenters. The van der Waals surface area contributed by atoms with Crippen molar-refractivity contribution in [3.8, 4) is 0 Å². The summed E-state index contributed by atoms with van der Waals surface area (Å²) in [5, 5.41) is 0.835. The highest BCUT2D eigenvalue weighted by Crippen LogP contribution is 2.28. The summed E-state index contributed by atoms with van der Waals surface area (Å²) in [5.74, 6) is 0. The largest absolute Gasteiger partial charge is 0.243 e. The smallest absolute Gasteiger partial charge is 0.207 e. The fourth-order valence-corrected chi connectivity index (χ4v) is 5.32. The van der Waals surface area contributed by atoms with Gasteiger partial charge in [0.15, 0.2) is 0 Å². The lowest BCUT2D eigenvalue weighted by molar-refractivity contribution is 0.248. The van der Waals surface area contributed by atoms with Crippen molar-refractivity contribution >= 4 is 41.9 Å². The van der Waals surface area contributed by atoms with Gasteiger partial charge in [-0.1, -0.05) is 44.3 Å². The van der Waals surface area contributed by atoms with Gasteiger partial charge in [-0.15, -0.1) is 0 Å². The van der Waals surface area contributed by atoms with E-state index in [1.807, 2.05) is 6.07 Å². The number of benzene rings is 1. The molecule has 0 radical (unpaired) electrons. The molecular weight excluding hydrogens is 394 g/mol. The molecule has 1 aliphatic heterocycles. The number of piperidine rings is 1. The van der Waals surface area contributed by atoms with Crippen LogP contribution in [-0.4, -0.2) is 30.6 Å². The Bertz CT molecular complexity index is 531. The second kappa shape index (κ2) is 6.70. The van der Waals surface area contributed by atoms with Crippen molar-refractivity contribution in [3.05, 3.63) is 28.7 Å². The van der Waals surface area contributed by atoms with E-state index in [4.69, 9.17) is 0 Å². The normalized spacial score (nSPS) is 21.5. The lowest BCUT2D eigenvalue weighted by atomic mass is 10.0. The van der Waals surface area contributed by atoms with E-state index >= 15 is 0 Å². The summed E-state index contributed by atoms with van der Waals surface area (Å²) < 4.78 is 27.9. The van der Waals surface area contributed by atoms with Crippen molar-refractivity contribution in [3.63, 3.8) is 0 Å². The molecule has 0 amide bonds. The van der Waals surface area contributed by atoms with Gasteiger partial charge in [-0.2, -0.15) is 4.31 Å². The molecule has 1 aromatic carbocycles. The number of halogens is 2. The summed E-state index contributed by atoms with van der Waals surface area (Å²) in [5.41, 5.74) is 0. The number of nitrogens with zero attached hydrogens (tertiary/aromatic N) is 1. The third-order valence-electron chi connectivity index (χ3n) is 3.42. The van der Waals surface area contributed by atoms with Gasteiger partial charge < -0.3 is 0 Å². The van der Waals surface area contributed by atoms with Crippen molar-refractivity contribution in [1.29, 1.82) is 0 Å². The van der Waals surface area contributed by atoms with Crippen LogP contribution in [0, 0.1) is 0 Å². The van der Waals surface area contributed by atoms with Gasteiger partial charge in [0, 0.05) is 22.4 Å². The molecule has 0 saturated carbocycles. The molecule has 0 aromatic heterocycles. The Balaban J connectivity index is 2.31. The predicted molar refractivity (Wildman–Crippen MR) is 84.1 cm³/mol. The molecule has 1 unspecified atom stereocenters. The number of hydrogen-bond donors (Lipinski definition) is 0. The van der Waals surface area contributed by atoms with Crippen molar-refractivity contribution in [2.45, 2.75) is 36.6 Å². The fourth-order valence-electron chi connectivity index (χ4n) is 2.47. The zero-order valence-corrected chi connectivity index (χ0v) is 14.5. The van der Waals surface area contributed by atoms with Crippen LogP contribution in [0.15, 0.2) is 33.6 Å². The first-order valence-corrected chi connectivity index (χ1v) is 9.74. The molecule has 1 saturated heterocycles. The van der Waals surface area contributed by atoms with Crippen LogP contribution in [0.2, 0.25) is 0 Å². The summed E-state index contributed by atoms with van der Waals surface area (Å²) in [4.78, 5) is 0.378. The molecule has 2 rings (SSSR count). The standard InChI is InChI=1S/C13H17Br2NO2S/c14-8-7-12-5-1-2-9-16(12)19(17,18)13-6-3-4-11(15)10-13/h3-4,6,10,12H,1-2,5,7-9H2. The van der Waals surface area contributed by atoms with Gasteiger partial charge in [-0.05, 0) is 37.5 Å². The first-order chi connectivity index (χ1) is 9.05. The third-order valence-corrected chi connectivity index (χ3v) is 6.32. The lowest BCUT2D eigenvalue weighted by Crippen LogP contribution is -2.43. The number of alkyl halides is 1. The van der Waals surface area contributed by atoms with Crippen LogP contribution in [0.5, 0.6) is 0 Å². The SMILES string of the molecule is O=S(=O)(c1cccc(Br)c1)N1CCCCC1CCBr. The van der Waals surface area contributed by atoms with E-state index in [0.29, 0.717) is 11.4 Å². The van der Waals surface area contributed by atoms with Gasteiger partial charge in [-0.3, -0.25) is 0 Å². The second-order valence-electron chi connectivity index (χ2n) is 4.70. The molecule has 19 heavy (non-hydrogen) atoms. The maximum atomic E-state index is 12.7. The molecule has 0 aliphatic carbocycles. The van der Waals surface area contributed by atoms with E-state index in [1.165, 1.54) is 0 Å². The van der Waals surface area contributed by atoms with Gasteiger partial charge >= 0.3 is 0 Å².